The van der Waals surface area contributed by atoms with Crippen LogP contribution in [-0.2, 0) is 18.0 Å². The first kappa shape index (κ1) is 74.3. The van der Waals surface area contributed by atoms with Gasteiger partial charge in [0.2, 0.25) is 61.8 Å². The van der Waals surface area contributed by atoms with E-state index in [1.54, 1.807) is 24.3 Å². The molecule has 20 rings (SSSR count). The molecule has 562 valence electrons. The van der Waals surface area contributed by atoms with E-state index in [9.17, 15) is 18.0 Å². The summed E-state index contributed by atoms with van der Waals surface area (Å²) in [5.41, 5.74) is 26.1. The van der Waals surface area contributed by atoms with Crippen molar-refractivity contribution in [1.29, 1.82) is 0 Å². The molecule has 11 nitrogen and oxygen atoms in total. The highest BCUT2D eigenvalue weighted by Gasteiger charge is 2.38. The molecule has 0 bridgehead atoms. The van der Waals surface area contributed by atoms with Gasteiger partial charge in [0, 0.05) is 118 Å². The lowest BCUT2D eigenvalue weighted by Crippen LogP contribution is -2.36. The van der Waals surface area contributed by atoms with Gasteiger partial charge in [0.05, 0.1) is 61.8 Å². The van der Waals surface area contributed by atoms with Crippen LogP contribution in [-0.4, -0.2) is 128 Å². The number of carbonyl (C=O) groups excluding carboxylic acids is 1. The predicted octanol–water partition coefficient (Wildman–Crippen LogP) is 21.1. The Labute approximate surface area is 660 Å². The Morgan fingerprint density at radius 3 is 1.27 bits per heavy atom. The van der Waals surface area contributed by atoms with E-state index in [0.29, 0.717) is 17.8 Å². The smallest absolute Gasteiger partial charge is 0.319 e. The minimum Gasteiger partial charge on any atom is -0.319 e. The molecule has 0 fully saturated rings. The molecule has 0 atom stereocenters. The third kappa shape index (κ3) is 15.0. The summed E-state index contributed by atoms with van der Waals surface area (Å²) < 4.78 is 50.2. The van der Waals surface area contributed by atoms with Crippen molar-refractivity contribution in [2.75, 3.05) is 93.1 Å². The van der Waals surface area contributed by atoms with Gasteiger partial charge in [-0.1, -0.05) is 190 Å². The molecule has 5 aliphatic heterocycles. The Morgan fingerprint density at radius 1 is 0.354 bits per heavy atom. The average Bonchev–Trinajstić information content (AvgIpc) is 1.59. The molecule has 0 aromatic heterocycles. The summed E-state index contributed by atoms with van der Waals surface area (Å²) in [6.07, 6.45) is 10.3. The van der Waals surface area contributed by atoms with E-state index in [0.717, 1.165) is 77.2 Å². The van der Waals surface area contributed by atoms with Crippen molar-refractivity contribution in [3.63, 3.8) is 0 Å². The Hall–Kier alpha value is -12.8. The second kappa shape index (κ2) is 31.2. The first-order chi connectivity index (χ1) is 54.7. The molecule has 5 heterocycles. The molecule has 0 radical (unpaired) electrons. The highest BCUT2D eigenvalue weighted by Crippen LogP contribution is 2.47. The van der Waals surface area contributed by atoms with Gasteiger partial charge in [-0.3, -0.25) is 4.79 Å². The number of aryl methyl sites for hydroxylation is 3. The highest BCUT2D eigenvalue weighted by molar-refractivity contribution is 6.24. The van der Waals surface area contributed by atoms with Crippen LogP contribution < -0.4 is 24.5 Å². The Kier molecular flexibility index (Phi) is 20.5. The van der Waals surface area contributed by atoms with Gasteiger partial charge in [-0.05, 0) is 125 Å². The molecule has 0 unspecified atom stereocenters. The Morgan fingerprint density at radius 2 is 0.743 bits per heavy atom. The number of benzene rings is 13. The third-order valence-corrected chi connectivity index (χ3v) is 22.7. The molecule has 13 aromatic rings. The molecule has 0 N–H and O–H groups in total. The van der Waals surface area contributed by atoms with Crippen molar-refractivity contribution in [2.24, 2.45) is 0 Å². The van der Waals surface area contributed by atoms with E-state index in [4.69, 9.17) is 0 Å². The van der Waals surface area contributed by atoms with Gasteiger partial charge < -0.3 is 24.5 Å². The fourth-order valence-corrected chi connectivity index (χ4v) is 17.6. The number of hydrogen-bond donors (Lipinski definition) is 0. The number of para-hydroxylation sites is 5. The summed E-state index contributed by atoms with van der Waals surface area (Å²) in [6.45, 7) is 12.8. The first-order valence-electron chi connectivity index (χ1n) is 38.8. The summed E-state index contributed by atoms with van der Waals surface area (Å²) in [5, 5.41) is 5.26. The number of halogens is 3. The number of ketones is 1. The monoisotopic (exact) mass is 1500 g/mol. The van der Waals surface area contributed by atoms with Crippen molar-refractivity contribution in [3.8, 4) is 11.1 Å². The number of alkyl halides is 3. The van der Waals surface area contributed by atoms with Crippen LogP contribution in [0, 0.1) is 13.8 Å². The number of rotatable bonds is 5. The lowest BCUT2D eigenvalue weighted by atomic mass is 9.71. The number of nitrogens with zero attached hydrogens (tertiary/aromatic N) is 10. The molecule has 14 heteroatoms. The van der Waals surface area contributed by atoms with Crippen molar-refractivity contribution < 1.29 is 40.8 Å². The summed E-state index contributed by atoms with van der Waals surface area (Å²) in [5.74, 6) is 0.132. The minimum atomic E-state index is -4.33. The number of anilines is 5. The van der Waals surface area contributed by atoms with Gasteiger partial charge in [-0.2, -0.15) is 36.0 Å². The molecular formula is C99H94F3N10O+5. The average molecular weight is 1500 g/mol. The minimum absolute atomic E-state index is 0.132. The van der Waals surface area contributed by atoms with Crippen LogP contribution in [0.1, 0.15) is 98.2 Å². The second-order valence-corrected chi connectivity index (χ2v) is 31.1. The predicted molar refractivity (Wildman–Crippen MR) is 461 cm³/mol. The fraction of sp³-hybridized carbons (Fsp3) is 0.192. The van der Waals surface area contributed by atoms with Crippen LogP contribution in [0.3, 0.4) is 0 Å². The van der Waals surface area contributed by atoms with E-state index in [1.807, 2.05) is 77.2 Å². The summed E-state index contributed by atoms with van der Waals surface area (Å²) in [4.78, 5) is 24.0. The maximum Gasteiger partial charge on any atom is 0.416 e. The molecule has 0 saturated carbocycles. The molecule has 2 aliphatic carbocycles. The summed E-state index contributed by atoms with van der Waals surface area (Å²) in [7, 11) is 10.5. The van der Waals surface area contributed by atoms with Crippen LogP contribution in [0.25, 0.3) is 32.7 Å². The zero-order valence-corrected chi connectivity index (χ0v) is 65.6. The molecule has 7 aliphatic rings. The van der Waals surface area contributed by atoms with E-state index >= 15 is 0 Å². The number of hydrogen-bond acceptors (Lipinski definition) is 6. The van der Waals surface area contributed by atoms with Crippen LogP contribution in [0.4, 0.5) is 70.0 Å². The third-order valence-electron chi connectivity index (χ3n) is 22.7. The van der Waals surface area contributed by atoms with E-state index in [2.05, 4.69) is 318 Å². The van der Waals surface area contributed by atoms with E-state index < -0.39 is 11.7 Å². The van der Waals surface area contributed by atoms with Crippen molar-refractivity contribution in [1.82, 2.24) is 0 Å². The zero-order valence-electron chi connectivity index (χ0n) is 65.6. The lowest BCUT2D eigenvalue weighted by molar-refractivity contribution is -0.435. The molecular weight excluding hydrogens is 1400 g/mol. The molecule has 113 heavy (non-hydrogen) atoms. The standard InChI is InChI=1S/C22H17N2O.C21H25N2.C20H19N2.C19H17N2.C17H16F3N2/c1-23-14-24(16-7-3-2-4-8-16)13-15-11-12-19-20(21(15)23)17-9-5-6-10-18(17)22(19)25;1-21(2)13-7-8-16-11-12-17-14-23(18-9-5-4-6-10-18)15-22(3)20(17)19(16)21;1-15-19-11-7-6-8-16(19)12-17-13-22(14-21(2)20(15)17)18-9-4-3-5-10-18;1-20-14-21(17-8-3-2-4-9-17)13-16-12-11-15-7-5-6-10-18(15)19(16)20;1-12-8-14(17(18,19)20)9-13-10-22(11-21(2)16(12)13)15-6-4-3-5-7-15/h2-13H,14H2,1H3;4-6,9-12,14H,7-8,13,15H2,1-3H3;3-13H,14H2,1-2H3;2-13H,14H2,1H3;3-10H,11H2,1-2H3/q5*+1. The van der Waals surface area contributed by atoms with Gasteiger partial charge in [-0.25, -0.2) is 0 Å². The molecule has 0 amide bonds. The van der Waals surface area contributed by atoms with Crippen LogP contribution in [0.15, 0.2) is 279 Å². The largest absolute Gasteiger partial charge is 0.416 e. The Bertz CT molecular complexity index is 5970. The topological polar surface area (TPSA) is 48.3 Å². The van der Waals surface area contributed by atoms with Gasteiger partial charge in [-0.15, -0.1) is 0 Å². The lowest BCUT2D eigenvalue weighted by Gasteiger charge is -2.38. The normalized spacial score (nSPS) is 15.2. The molecule has 0 saturated heterocycles. The maximum atomic E-state index is 13.0. The quantitative estimate of drug-likeness (QED) is 0.160. The second-order valence-electron chi connectivity index (χ2n) is 31.1. The molecule has 0 spiro atoms. The van der Waals surface area contributed by atoms with Crippen LogP contribution in [0.5, 0.6) is 0 Å². The molecule has 13 aromatic carbocycles. The van der Waals surface area contributed by atoms with Gasteiger partial charge >= 0.3 is 6.18 Å². The zero-order chi connectivity index (χ0) is 78.2. The van der Waals surface area contributed by atoms with Gasteiger partial charge in [0.25, 0.3) is 0 Å². The number of carbonyl (C=O) groups is 1. The Balaban J connectivity index is 0.000000107. The van der Waals surface area contributed by atoms with Crippen molar-refractivity contribution >= 4 is 115 Å². The SMILES string of the molecule is CN1C[N+](c2ccccc2)=Cc2ccc3c(c21)-c1ccccc1C3=O.CN1C[N+](c2ccccc2)=Cc2ccc3c(c21)C(C)(C)CCC3.CN1C[N+](c2ccccc2)=Cc2ccc3ccccc3c21.Cc1c2c(cc3ccccc13)C=[N+](c1ccccc1)CN2C.Cc1cc(C(F)(F)F)cc2c1N(C)C[N+](c1ccccc1)=C2. The summed E-state index contributed by atoms with van der Waals surface area (Å²) in [6, 6.07) is 94.6. The van der Waals surface area contributed by atoms with E-state index in [-0.39, 0.29) is 11.2 Å². The maximum absolute atomic E-state index is 13.0. The number of fused-ring (bicyclic) bond motifs is 14. The van der Waals surface area contributed by atoms with Gasteiger partial charge in [0.15, 0.2) is 36.9 Å². The van der Waals surface area contributed by atoms with Crippen LogP contribution in [0.2, 0.25) is 0 Å². The van der Waals surface area contributed by atoms with E-state index in [1.165, 1.54) is 109 Å². The van der Waals surface area contributed by atoms with Crippen molar-refractivity contribution in [3.05, 3.63) is 346 Å². The summed E-state index contributed by atoms with van der Waals surface area (Å²) >= 11 is 0. The fourth-order valence-electron chi connectivity index (χ4n) is 17.6. The van der Waals surface area contributed by atoms with Gasteiger partial charge in [0.1, 0.15) is 0 Å². The first-order valence-corrected chi connectivity index (χ1v) is 38.8. The van der Waals surface area contributed by atoms with Crippen LogP contribution >= 0.6 is 0 Å². The highest BCUT2D eigenvalue weighted by atomic mass is 19.4. The van der Waals surface area contributed by atoms with Crippen molar-refractivity contribution in [2.45, 2.75) is 58.5 Å².